The Morgan fingerprint density at radius 2 is 1.95 bits per heavy atom. The van der Waals surface area contributed by atoms with Gasteiger partial charge in [-0.05, 0) is 38.8 Å². The third-order valence-electron chi connectivity index (χ3n) is 3.41. The molecule has 7 heteroatoms. The van der Waals surface area contributed by atoms with Crippen LogP contribution in [0.2, 0.25) is 0 Å². The van der Waals surface area contributed by atoms with Gasteiger partial charge in [0.15, 0.2) is 0 Å². The van der Waals surface area contributed by atoms with E-state index in [4.69, 9.17) is 9.84 Å². The number of anilines is 2. The Bertz CT molecular complexity index is 557. The molecular formula is C15H21N3O4. The number of amides is 2. The Hall–Kier alpha value is -2.28. The Morgan fingerprint density at radius 3 is 2.50 bits per heavy atom. The zero-order chi connectivity index (χ0) is 16.2. The first-order valence-corrected chi connectivity index (χ1v) is 7.27. The van der Waals surface area contributed by atoms with Gasteiger partial charge in [0, 0.05) is 6.61 Å². The standard InChI is InChI=1S/C15H21N3O4/c1-3-22-15(8-9-15)18-12-7-5-4-6-11(12)17-13(19)10(2)16-14(20)21/h4-7,10,16,18H,3,8-9H2,1-2H3,(H,17,19)(H,20,21). The van der Waals surface area contributed by atoms with Crippen LogP contribution >= 0.6 is 0 Å². The average molecular weight is 307 g/mol. The van der Waals surface area contributed by atoms with Gasteiger partial charge in [0.1, 0.15) is 11.8 Å². The molecule has 4 N–H and O–H groups in total. The van der Waals surface area contributed by atoms with Crippen LogP contribution in [0.1, 0.15) is 26.7 Å². The lowest BCUT2D eigenvalue weighted by atomic mass is 10.2. The Labute approximate surface area is 129 Å². The number of rotatable bonds is 7. The number of para-hydroxylation sites is 2. The summed E-state index contributed by atoms with van der Waals surface area (Å²) in [4.78, 5) is 22.6. The normalized spacial score (nSPS) is 16.5. The molecule has 1 saturated carbocycles. The topological polar surface area (TPSA) is 99.7 Å². The highest BCUT2D eigenvalue weighted by Gasteiger charge is 2.44. The monoisotopic (exact) mass is 307 g/mol. The Balaban J connectivity index is 2.05. The van der Waals surface area contributed by atoms with E-state index in [-0.39, 0.29) is 5.72 Å². The molecule has 0 aliphatic heterocycles. The van der Waals surface area contributed by atoms with E-state index < -0.39 is 18.0 Å². The molecule has 2 rings (SSSR count). The van der Waals surface area contributed by atoms with E-state index in [2.05, 4.69) is 16.0 Å². The van der Waals surface area contributed by atoms with Crippen molar-refractivity contribution in [2.45, 2.75) is 38.5 Å². The predicted molar refractivity (Wildman–Crippen MR) is 82.9 cm³/mol. The van der Waals surface area contributed by atoms with Crippen molar-refractivity contribution in [2.24, 2.45) is 0 Å². The molecule has 0 aromatic heterocycles. The van der Waals surface area contributed by atoms with Crippen LogP contribution in [0.3, 0.4) is 0 Å². The fourth-order valence-electron chi connectivity index (χ4n) is 2.13. The van der Waals surface area contributed by atoms with Crippen molar-refractivity contribution in [3.8, 4) is 0 Å². The van der Waals surface area contributed by atoms with E-state index in [1.165, 1.54) is 6.92 Å². The largest absolute Gasteiger partial charge is 0.465 e. The van der Waals surface area contributed by atoms with E-state index in [1.807, 2.05) is 19.1 Å². The maximum Gasteiger partial charge on any atom is 0.405 e. The molecule has 7 nitrogen and oxygen atoms in total. The zero-order valence-corrected chi connectivity index (χ0v) is 12.7. The minimum atomic E-state index is -1.23. The highest BCUT2D eigenvalue weighted by Crippen LogP contribution is 2.41. The number of nitrogens with one attached hydrogen (secondary N) is 3. The summed E-state index contributed by atoms with van der Waals surface area (Å²) < 4.78 is 5.69. The van der Waals surface area contributed by atoms with Crippen LogP contribution in [0.5, 0.6) is 0 Å². The average Bonchev–Trinajstić information content (AvgIpc) is 3.20. The molecule has 1 aromatic rings. The van der Waals surface area contributed by atoms with Crippen LogP contribution in [0, 0.1) is 0 Å². The third kappa shape index (κ3) is 4.11. The van der Waals surface area contributed by atoms with E-state index in [1.54, 1.807) is 12.1 Å². The highest BCUT2D eigenvalue weighted by atomic mass is 16.5. The third-order valence-corrected chi connectivity index (χ3v) is 3.41. The summed E-state index contributed by atoms with van der Waals surface area (Å²) in [6, 6.07) is 6.43. The number of ether oxygens (including phenoxy) is 1. The summed E-state index contributed by atoms with van der Waals surface area (Å²) in [7, 11) is 0. The smallest absolute Gasteiger partial charge is 0.405 e. The maximum atomic E-state index is 12.0. The van der Waals surface area contributed by atoms with Gasteiger partial charge in [0.05, 0.1) is 11.4 Å². The van der Waals surface area contributed by atoms with Crippen LogP contribution in [0.15, 0.2) is 24.3 Å². The van der Waals surface area contributed by atoms with E-state index >= 15 is 0 Å². The molecular weight excluding hydrogens is 286 g/mol. The van der Waals surface area contributed by atoms with Gasteiger partial charge in [-0.25, -0.2) is 4.79 Å². The predicted octanol–water partition coefficient (Wildman–Crippen LogP) is 2.22. The number of carbonyl (C=O) groups is 2. The van der Waals surface area contributed by atoms with Gasteiger partial charge in [0.2, 0.25) is 5.91 Å². The molecule has 1 unspecified atom stereocenters. The number of hydrogen-bond acceptors (Lipinski definition) is 4. The first-order chi connectivity index (χ1) is 10.5. The van der Waals surface area contributed by atoms with Gasteiger partial charge in [-0.15, -0.1) is 0 Å². The van der Waals surface area contributed by atoms with Crippen LogP contribution in [-0.4, -0.2) is 35.5 Å². The van der Waals surface area contributed by atoms with Crippen LogP contribution in [-0.2, 0) is 9.53 Å². The summed E-state index contributed by atoms with van der Waals surface area (Å²) in [5.74, 6) is -0.419. The Kier molecular flexibility index (Phi) is 4.87. The van der Waals surface area contributed by atoms with Crippen molar-refractivity contribution in [3.05, 3.63) is 24.3 Å². The summed E-state index contributed by atoms with van der Waals surface area (Å²) in [6.45, 7) is 4.04. The Morgan fingerprint density at radius 1 is 1.32 bits per heavy atom. The number of carboxylic acid groups (broad SMARTS) is 1. The second-order valence-corrected chi connectivity index (χ2v) is 5.26. The quantitative estimate of drug-likeness (QED) is 0.579. The van der Waals surface area contributed by atoms with Gasteiger partial charge in [-0.2, -0.15) is 0 Å². The molecule has 120 valence electrons. The van der Waals surface area contributed by atoms with Gasteiger partial charge >= 0.3 is 6.09 Å². The molecule has 22 heavy (non-hydrogen) atoms. The molecule has 1 aromatic carbocycles. The first kappa shape index (κ1) is 16.1. The van der Waals surface area contributed by atoms with Crippen molar-refractivity contribution in [1.29, 1.82) is 0 Å². The number of carbonyl (C=O) groups excluding carboxylic acids is 1. The first-order valence-electron chi connectivity index (χ1n) is 7.27. The minimum absolute atomic E-state index is 0.347. The summed E-state index contributed by atoms with van der Waals surface area (Å²) >= 11 is 0. The molecule has 0 spiro atoms. The lowest BCUT2D eigenvalue weighted by molar-refractivity contribution is -0.117. The highest BCUT2D eigenvalue weighted by molar-refractivity contribution is 5.98. The molecule has 2 amide bonds. The second-order valence-electron chi connectivity index (χ2n) is 5.26. The molecule has 0 bridgehead atoms. The van der Waals surface area contributed by atoms with Gasteiger partial charge in [-0.1, -0.05) is 12.1 Å². The molecule has 1 atom stereocenters. The maximum absolute atomic E-state index is 12.0. The SMILES string of the molecule is CCOC1(Nc2ccccc2NC(=O)C(C)NC(=O)O)CC1. The second kappa shape index (κ2) is 6.65. The molecule has 1 aliphatic carbocycles. The van der Waals surface area contributed by atoms with Gasteiger partial charge < -0.3 is 25.8 Å². The molecule has 1 fully saturated rings. The summed E-state index contributed by atoms with van der Waals surface area (Å²) in [5, 5.41) is 16.8. The molecule has 1 aliphatic rings. The number of hydrogen-bond donors (Lipinski definition) is 4. The fourth-order valence-corrected chi connectivity index (χ4v) is 2.13. The van der Waals surface area contributed by atoms with E-state index in [9.17, 15) is 9.59 Å². The lowest BCUT2D eigenvalue weighted by Crippen LogP contribution is -2.41. The van der Waals surface area contributed by atoms with Crippen LogP contribution < -0.4 is 16.0 Å². The summed E-state index contributed by atoms with van der Waals surface area (Å²) in [6.07, 6.45) is 0.600. The van der Waals surface area contributed by atoms with Crippen molar-refractivity contribution in [1.82, 2.24) is 5.32 Å². The van der Waals surface area contributed by atoms with Crippen LogP contribution in [0.25, 0.3) is 0 Å². The molecule has 0 radical (unpaired) electrons. The minimum Gasteiger partial charge on any atom is -0.465 e. The number of benzene rings is 1. The zero-order valence-electron chi connectivity index (χ0n) is 12.7. The summed E-state index contributed by atoms with van der Waals surface area (Å²) in [5.41, 5.74) is 1.00. The van der Waals surface area contributed by atoms with Crippen LogP contribution in [0.4, 0.5) is 16.2 Å². The lowest BCUT2D eigenvalue weighted by Gasteiger charge is -2.21. The van der Waals surface area contributed by atoms with Gasteiger partial charge in [-0.3, -0.25) is 4.79 Å². The van der Waals surface area contributed by atoms with Crippen molar-refractivity contribution >= 4 is 23.4 Å². The van der Waals surface area contributed by atoms with Crippen molar-refractivity contribution in [3.63, 3.8) is 0 Å². The van der Waals surface area contributed by atoms with Crippen molar-refractivity contribution < 1.29 is 19.4 Å². The fraction of sp³-hybridized carbons (Fsp3) is 0.467. The van der Waals surface area contributed by atoms with Gasteiger partial charge in [0.25, 0.3) is 0 Å². The molecule has 0 saturated heterocycles. The van der Waals surface area contributed by atoms with E-state index in [0.717, 1.165) is 18.5 Å². The van der Waals surface area contributed by atoms with E-state index in [0.29, 0.717) is 12.3 Å². The molecule has 0 heterocycles. The van der Waals surface area contributed by atoms with Crippen molar-refractivity contribution in [2.75, 3.05) is 17.2 Å².